The minimum atomic E-state index is -3.50. The van der Waals surface area contributed by atoms with Crippen molar-refractivity contribution >= 4 is 58.7 Å². The van der Waals surface area contributed by atoms with Crippen molar-refractivity contribution in [2.45, 2.75) is 77.3 Å². The number of aromatic nitrogens is 2. The Morgan fingerprint density at radius 2 is 2.05 bits per heavy atom. The topological polar surface area (TPSA) is 164 Å². The Balaban J connectivity index is 2.16. The zero-order valence-electron chi connectivity index (χ0n) is 22.5. The van der Waals surface area contributed by atoms with E-state index in [-0.39, 0.29) is 29.4 Å². The lowest BCUT2D eigenvalue weighted by Gasteiger charge is -2.28. The zero-order valence-corrected chi connectivity index (χ0v) is 25.7. The zero-order chi connectivity index (χ0) is 29.8. The highest BCUT2D eigenvalue weighted by atomic mass is 35.5. The molecule has 1 aliphatic heterocycles. The number of nitrogen functional groups attached to an aromatic ring is 1. The molecule has 0 spiro atoms. The Bertz CT molecular complexity index is 1140. The SMILES string of the molecule is CC(C)OC(=O)[C@@H](C)NP(=S)(OCCSC(=O)C(C)(C)C)OC[C@H]1O[C@@H](n2ccc(N)nc2=O)[C@@](F)(Cl)[C@@H]1O. The second-order valence-corrected chi connectivity index (χ2v) is 14.9. The van der Waals surface area contributed by atoms with Crippen molar-refractivity contribution in [2.75, 3.05) is 24.7 Å². The molecule has 222 valence electrons. The molecule has 1 aromatic rings. The summed E-state index contributed by atoms with van der Waals surface area (Å²) in [7, 11) is 0. The van der Waals surface area contributed by atoms with Crippen molar-refractivity contribution in [1.82, 2.24) is 14.6 Å². The fraction of sp³-hybridized carbons (Fsp3) is 0.727. The molecule has 17 heteroatoms. The number of nitrogens with zero attached hydrogens (tertiary/aromatic N) is 2. The highest BCUT2D eigenvalue weighted by Crippen LogP contribution is 2.48. The van der Waals surface area contributed by atoms with Gasteiger partial charge in [0.05, 0.1) is 19.3 Å². The van der Waals surface area contributed by atoms with E-state index >= 15 is 4.39 Å². The summed E-state index contributed by atoms with van der Waals surface area (Å²) in [5.74, 6) is -0.457. The summed E-state index contributed by atoms with van der Waals surface area (Å²) >= 11 is 12.6. The Labute approximate surface area is 240 Å². The second kappa shape index (κ2) is 13.7. The average Bonchev–Trinajstić information content (AvgIpc) is 3.03. The Morgan fingerprint density at radius 1 is 1.41 bits per heavy atom. The molecule has 0 aromatic carbocycles. The minimum absolute atomic E-state index is 0.0194. The first kappa shape index (κ1) is 34.0. The van der Waals surface area contributed by atoms with Crippen LogP contribution in [0, 0.1) is 5.41 Å². The molecule has 0 radical (unpaired) electrons. The van der Waals surface area contributed by atoms with E-state index in [9.17, 15) is 19.5 Å². The summed E-state index contributed by atoms with van der Waals surface area (Å²) in [6, 6.07) is 0.294. The van der Waals surface area contributed by atoms with Crippen LogP contribution in [0.4, 0.5) is 10.2 Å². The number of nitrogens with one attached hydrogen (secondary N) is 1. The third kappa shape index (κ3) is 9.44. The molecule has 2 rings (SSSR count). The van der Waals surface area contributed by atoms with E-state index in [4.69, 9.17) is 47.7 Å². The molecule has 1 saturated heterocycles. The van der Waals surface area contributed by atoms with Gasteiger partial charge in [0, 0.05) is 17.4 Å². The Kier molecular flexibility index (Phi) is 11.9. The summed E-state index contributed by atoms with van der Waals surface area (Å²) in [5.41, 5.74) is 3.99. The standard InChI is InChI=1S/C22H35ClFN4O8PS2/c1-12(2)35-17(30)13(3)27-37(38,33-9-10-39-19(31)21(4,5)6)34-11-14-16(29)22(23,24)18(36-14)28-8-7-15(25)26-20(28)32/h7-8,12-14,16,18,29H,9-11H2,1-6H3,(H,27,38)(H2,25,26,32)/t13-,14-,16-,18-,22-,37?/m1/s1. The lowest BCUT2D eigenvalue weighted by molar-refractivity contribution is -0.149. The number of ether oxygens (including phenoxy) is 2. The maximum Gasteiger partial charge on any atom is 0.351 e. The van der Waals surface area contributed by atoms with E-state index in [1.807, 2.05) is 0 Å². The number of alkyl halides is 2. The van der Waals surface area contributed by atoms with Gasteiger partial charge in [-0.1, -0.05) is 44.1 Å². The van der Waals surface area contributed by atoms with Crippen LogP contribution in [0.25, 0.3) is 0 Å². The van der Waals surface area contributed by atoms with Gasteiger partial charge in [-0.15, -0.1) is 0 Å². The van der Waals surface area contributed by atoms with E-state index in [0.717, 1.165) is 22.5 Å². The van der Waals surface area contributed by atoms with E-state index in [0.29, 0.717) is 0 Å². The lowest BCUT2D eigenvalue weighted by atomic mass is 10.00. The van der Waals surface area contributed by atoms with E-state index < -0.39 is 59.9 Å². The number of nitrogens with two attached hydrogens (primary N) is 1. The number of aliphatic hydroxyl groups excluding tert-OH is 1. The number of hydrogen-bond acceptors (Lipinski definition) is 12. The van der Waals surface area contributed by atoms with Crippen LogP contribution in [0.15, 0.2) is 17.1 Å². The quantitative estimate of drug-likeness (QED) is 0.133. The molecule has 2 heterocycles. The third-order valence-corrected chi connectivity index (χ3v) is 9.46. The van der Waals surface area contributed by atoms with Gasteiger partial charge in [0.1, 0.15) is 24.1 Å². The first-order valence-electron chi connectivity index (χ1n) is 12.0. The van der Waals surface area contributed by atoms with Gasteiger partial charge in [-0.05, 0) is 38.6 Å². The first-order chi connectivity index (χ1) is 17.9. The maximum atomic E-state index is 15.3. The van der Waals surface area contributed by atoms with Crippen LogP contribution in [-0.4, -0.2) is 74.2 Å². The van der Waals surface area contributed by atoms with Crippen molar-refractivity contribution in [3.8, 4) is 0 Å². The smallest absolute Gasteiger partial charge is 0.351 e. The van der Waals surface area contributed by atoms with Gasteiger partial charge >= 0.3 is 11.7 Å². The van der Waals surface area contributed by atoms with Crippen LogP contribution in [0.2, 0.25) is 0 Å². The molecular formula is C22H35ClFN4O8PS2. The number of rotatable bonds is 12. The average molecular weight is 633 g/mol. The lowest BCUT2D eigenvalue weighted by Crippen LogP contribution is -2.41. The fourth-order valence-electron chi connectivity index (χ4n) is 3.13. The number of esters is 1. The van der Waals surface area contributed by atoms with Gasteiger partial charge in [-0.25, -0.2) is 14.3 Å². The highest BCUT2D eigenvalue weighted by Gasteiger charge is 2.58. The molecule has 12 nitrogen and oxygen atoms in total. The fourth-order valence-corrected chi connectivity index (χ4v) is 6.69. The largest absolute Gasteiger partial charge is 0.462 e. The Morgan fingerprint density at radius 3 is 2.62 bits per heavy atom. The van der Waals surface area contributed by atoms with Gasteiger partial charge in [-0.3, -0.25) is 14.2 Å². The molecule has 39 heavy (non-hydrogen) atoms. The normalized spacial score (nSPS) is 25.8. The molecule has 6 atom stereocenters. The number of hydrogen-bond donors (Lipinski definition) is 3. The molecule has 4 N–H and O–H groups in total. The monoisotopic (exact) mass is 632 g/mol. The van der Waals surface area contributed by atoms with Crippen LogP contribution in [0.5, 0.6) is 0 Å². The number of anilines is 1. The summed E-state index contributed by atoms with van der Waals surface area (Å²) in [5, 5.41) is 10.4. The van der Waals surface area contributed by atoms with Gasteiger partial charge in [-0.2, -0.15) is 4.98 Å². The minimum Gasteiger partial charge on any atom is -0.462 e. The number of halogens is 2. The molecule has 0 saturated carbocycles. The van der Waals surface area contributed by atoms with Gasteiger partial charge in [0.15, 0.2) is 11.3 Å². The van der Waals surface area contributed by atoms with Gasteiger partial charge in [0.2, 0.25) is 0 Å². The predicted octanol–water partition coefficient (Wildman–Crippen LogP) is 2.48. The van der Waals surface area contributed by atoms with E-state index in [1.165, 1.54) is 13.0 Å². The summed E-state index contributed by atoms with van der Waals surface area (Å²) in [6.45, 7) is 6.20. The summed E-state index contributed by atoms with van der Waals surface area (Å²) in [6.07, 6.45) is -4.33. The van der Waals surface area contributed by atoms with Crippen molar-refractivity contribution in [2.24, 2.45) is 5.41 Å². The van der Waals surface area contributed by atoms with Gasteiger partial charge < -0.3 is 29.4 Å². The molecule has 1 aromatic heterocycles. The number of carbonyl (C=O) groups excluding carboxylic acids is 2. The molecule has 0 bridgehead atoms. The maximum absolute atomic E-state index is 15.3. The number of thioether (sulfide) groups is 1. The summed E-state index contributed by atoms with van der Waals surface area (Å²) < 4.78 is 38.3. The Hall–Kier alpha value is -1.16. The van der Waals surface area contributed by atoms with Crippen LogP contribution < -0.4 is 16.5 Å². The third-order valence-electron chi connectivity index (χ3n) is 5.14. The van der Waals surface area contributed by atoms with Crippen molar-refractivity contribution < 1.29 is 37.6 Å². The first-order valence-corrected chi connectivity index (χ1v) is 16.0. The van der Waals surface area contributed by atoms with Crippen molar-refractivity contribution in [1.29, 1.82) is 0 Å². The van der Waals surface area contributed by atoms with Gasteiger partial charge in [0.25, 0.3) is 11.8 Å². The molecule has 0 amide bonds. The number of carbonyl (C=O) groups is 2. The second-order valence-electron chi connectivity index (χ2n) is 10.0. The molecule has 0 aliphatic carbocycles. The number of aliphatic hydroxyl groups is 1. The van der Waals surface area contributed by atoms with E-state index in [2.05, 4.69) is 10.1 Å². The summed E-state index contributed by atoms with van der Waals surface area (Å²) in [4.78, 5) is 40.3. The van der Waals surface area contributed by atoms with Crippen LogP contribution in [-0.2, 0) is 39.9 Å². The molecule has 1 fully saturated rings. The molecular weight excluding hydrogens is 598 g/mol. The predicted molar refractivity (Wildman–Crippen MR) is 149 cm³/mol. The molecule has 1 aliphatic rings. The van der Waals surface area contributed by atoms with E-state index in [1.54, 1.807) is 34.6 Å². The van der Waals surface area contributed by atoms with Crippen LogP contribution >= 0.6 is 30.0 Å². The molecule has 1 unspecified atom stereocenters. The van der Waals surface area contributed by atoms with Crippen LogP contribution in [0.1, 0.15) is 47.8 Å². The van der Waals surface area contributed by atoms with Crippen LogP contribution in [0.3, 0.4) is 0 Å². The highest BCUT2D eigenvalue weighted by molar-refractivity contribution is 8.13. The van der Waals surface area contributed by atoms with Crippen molar-refractivity contribution in [3.05, 3.63) is 22.7 Å². The van der Waals surface area contributed by atoms with Crippen molar-refractivity contribution in [3.63, 3.8) is 0 Å².